The molecular formula is C15H17NO. The van der Waals surface area contributed by atoms with Crippen LogP contribution in [0.2, 0.25) is 0 Å². The van der Waals surface area contributed by atoms with E-state index in [0.717, 1.165) is 11.9 Å². The molecule has 2 heteroatoms. The molecule has 0 bridgehead atoms. The largest absolute Gasteiger partial charge is 0.392 e. The average molecular weight is 227 g/mol. The summed E-state index contributed by atoms with van der Waals surface area (Å²) in [5.41, 5.74) is 2.23. The van der Waals surface area contributed by atoms with Gasteiger partial charge in [-0.25, -0.2) is 0 Å². The molecule has 88 valence electrons. The van der Waals surface area contributed by atoms with Gasteiger partial charge in [0.2, 0.25) is 0 Å². The molecule has 0 aliphatic heterocycles. The van der Waals surface area contributed by atoms with Gasteiger partial charge in [0.15, 0.2) is 0 Å². The lowest BCUT2D eigenvalue weighted by Gasteiger charge is -2.11. The molecule has 0 saturated heterocycles. The Hall–Kier alpha value is -1.41. The Labute approximate surface area is 101 Å². The summed E-state index contributed by atoms with van der Waals surface area (Å²) in [7, 11) is 0. The quantitative estimate of drug-likeness (QED) is 0.874. The number of aliphatic hydroxyl groups excluding tert-OH is 1. The highest BCUT2D eigenvalue weighted by Crippen LogP contribution is 2.41. The zero-order chi connectivity index (χ0) is 11.8. The standard InChI is InChI=1S/C15H17NO/c1-10-8-13(10)15(17)9-11-6-7-16-14-5-3-2-4-12(11)14/h2-7,10,13,15,17H,8-9H2,1H3. The van der Waals surface area contributed by atoms with Crippen molar-refractivity contribution in [3.8, 4) is 0 Å². The third kappa shape index (κ3) is 2.05. The molecule has 0 radical (unpaired) electrons. The van der Waals surface area contributed by atoms with Crippen molar-refractivity contribution in [1.29, 1.82) is 0 Å². The zero-order valence-corrected chi connectivity index (χ0v) is 10.0. The first-order valence-electron chi connectivity index (χ1n) is 6.26. The first-order valence-corrected chi connectivity index (χ1v) is 6.26. The van der Waals surface area contributed by atoms with E-state index in [9.17, 15) is 5.11 Å². The number of nitrogens with zero attached hydrogens (tertiary/aromatic N) is 1. The van der Waals surface area contributed by atoms with Gasteiger partial charge in [0.25, 0.3) is 0 Å². The second-order valence-electron chi connectivity index (χ2n) is 5.14. The third-order valence-electron chi connectivity index (χ3n) is 3.83. The highest BCUT2D eigenvalue weighted by atomic mass is 16.3. The van der Waals surface area contributed by atoms with E-state index in [-0.39, 0.29) is 6.10 Å². The summed E-state index contributed by atoms with van der Waals surface area (Å²) in [4.78, 5) is 4.34. The molecule has 0 amide bonds. The number of fused-ring (bicyclic) bond motifs is 1. The Morgan fingerprint density at radius 1 is 1.35 bits per heavy atom. The molecule has 3 rings (SSSR count). The maximum Gasteiger partial charge on any atom is 0.0704 e. The van der Waals surface area contributed by atoms with Crippen LogP contribution in [0.15, 0.2) is 36.5 Å². The molecule has 1 fully saturated rings. The third-order valence-corrected chi connectivity index (χ3v) is 3.83. The Morgan fingerprint density at radius 2 is 2.12 bits per heavy atom. The summed E-state index contributed by atoms with van der Waals surface area (Å²) < 4.78 is 0. The van der Waals surface area contributed by atoms with E-state index in [1.807, 2.05) is 30.5 Å². The van der Waals surface area contributed by atoms with Crippen LogP contribution in [0.3, 0.4) is 0 Å². The minimum atomic E-state index is -0.198. The van der Waals surface area contributed by atoms with Crippen LogP contribution in [-0.4, -0.2) is 16.2 Å². The number of benzene rings is 1. The molecule has 2 nitrogen and oxygen atoms in total. The number of aliphatic hydroxyl groups is 1. The molecule has 2 aromatic rings. The van der Waals surface area contributed by atoms with Crippen molar-refractivity contribution in [2.45, 2.75) is 25.9 Å². The van der Waals surface area contributed by atoms with Gasteiger partial charge >= 0.3 is 0 Å². The van der Waals surface area contributed by atoms with Gasteiger partial charge in [-0.05, 0) is 42.4 Å². The molecule has 1 aliphatic rings. The van der Waals surface area contributed by atoms with Crippen molar-refractivity contribution in [2.24, 2.45) is 11.8 Å². The lowest BCUT2D eigenvalue weighted by atomic mass is 10.0. The minimum Gasteiger partial charge on any atom is -0.392 e. The number of rotatable bonds is 3. The average Bonchev–Trinajstić information content (AvgIpc) is 3.07. The van der Waals surface area contributed by atoms with Crippen LogP contribution in [0.1, 0.15) is 18.9 Å². The molecule has 0 spiro atoms. The Balaban J connectivity index is 1.89. The summed E-state index contributed by atoms with van der Waals surface area (Å²) in [5.74, 6) is 1.19. The first kappa shape index (κ1) is 10.7. The molecule has 1 aliphatic carbocycles. The van der Waals surface area contributed by atoms with E-state index in [0.29, 0.717) is 11.8 Å². The predicted octanol–water partition coefficient (Wildman–Crippen LogP) is 2.79. The van der Waals surface area contributed by atoms with E-state index in [2.05, 4.69) is 18.0 Å². The van der Waals surface area contributed by atoms with Gasteiger partial charge in [0, 0.05) is 11.6 Å². The van der Waals surface area contributed by atoms with Crippen LogP contribution < -0.4 is 0 Å². The summed E-state index contributed by atoms with van der Waals surface area (Å²) in [6, 6.07) is 10.2. The minimum absolute atomic E-state index is 0.198. The van der Waals surface area contributed by atoms with Gasteiger partial charge in [0.1, 0.15) is 0 Å². The lowest BCUT2D eigenvalue weighted by Crippen LogP contribution is -2.14. The predicted molar refractivity (Wildman–Crippen MR) is 68.7 cm³/mol. The fraction of sp³-hybridized carbons (Fsp3) is 0.400. The molecule has 1 N–H and O–H groups in total. The van der Waals surface area contributed by atoms with Crippen LogP contribution in [-0.2, 0) is 6.42 Å². The van der Waals surface area contributed by atoms with Crippen LogP contribution in [0.5, 0.6) is 0 Å². The first-order chi connectivity index (χ1) is 8.25. The number of aromatic nitrogens is 1. The van der Waals surface area contributed by atoms with Gasteiger partial charge < -0.3 is 5.11 Å². The van der Waals surface area contributed by atoms with Crippen molar-refractivity contribution < 1.29 is 5.11 Å². The molecule has 1 saturated carbocycles. The maximum atomic E-state index is 10.2. The Bertz CT molecular complexity index is 532. The van der Waals surface area contributed by atoms with Crippen molar-refractivity contribution >= 4 is 10.9 Å². The normalized spacial score (nSPS) is 24.8. The summed E-state index contributed by atoms with van der Waals surface area (Å²) in [5, 5.41) is 11.3. The second-order valence-corrected chi connectivity index (χ2v) is 5.14. The van der Waals surface area contributed by atoms with Gasteiger partial charge in [-0.1, -0.05) is 25.1 Å². The van der Waals surface area contributed by atoms with Gasteiger partial charge in [-0.3, -0.25) is 4.98 Å². The Morgan fingerprint density at radius 3 is 2.88 bits per heavy atom. The molecule has 1 heterocycles. The maximum absolute atomic E-state index is 10.2. The summed E-state index contributed by atoms with van der Waals surface area (Å²) in [6.45, 7) is 2.21. The number of hydrogen-bond acceptors (Lipinski definition) is 2. The molecule has 1 aromatic carbocycles. The smallest absolute Gasteiger partial charge is 0.0704 e. The highest BCUT2D eigenvalue weighted by molar-refractivity contribution is 5.81. The topological polar surface area (TPSA) is 33.1 Å². The highest BCUT2D eigenvalue weighted by Gasteiger charge is 2.38. The molecule has 3 unspecified atom stereocenters. The van der Waals surface area contributed by atoms with Crippen molar-refractivity contribution in [3.05, 3.63) is 42.1 Å². The Kier molecular flexibility index (Phi) is 2.60. The van der Waals surface area contributed by atoms with Crippen LogP contribution in [0.4, 0.5) is 0 Å². The number of hydrogen-bond donors (Lipinski definition) is 1. The van der Waals surface area contributed by atoms with Gasteiger partial charge in [-0.2, -0.15) is 0 Å². The summed E-state index contributed by atoms with van der Waals surface area (Å²) in [6.07, 6.45) is 3.55. The second kappa shape index (κ2) is 4.11. The molecule has 17 heavy (non-hydrogen) atoms. The molecular weight excluding hydrogens is 210 g/mol. The number of pyridine rings is 1. The number of para-hydroxylation sites is 1. The lowest BCUT2D eigenvalue weighted by molar-refractivity contribution is 0.146. The van der Waals surface area contributed by atoms with E-state index < -0.39 is 0 Å². The van der Waals surface area contributed by atoms with Crippen molar-refractivity contribution in [3.63, 3.8) is 0 Å². The van der Waals surface area contributed by atoms with E-state index in [1.54, 1.807) is 0 Å². The van der Waals surface area contributed by atoms with Crippen molar-refractivity contribution in [1.82, 2.24) is 4.98 Å². The SMILES string of the molecule is CC1CC1C(O)Cc1ccnc2ccccc12. The van der Waals surface area contributed by atoms with Crippen LogP contribution in [0, 0.1) is 11.8 Å². The summed E-state index contributed by atoms with van der Waals surface area (Å²) >= 11 is 0. The van der Waals surface area contributed by atoms with Gasteiger partial charge in [-0.15, -0.1) is 0 Å². The van der Waals surface area contributed by atoms with Crippen molar-refractivity contribution in [2.75, 3.05) is 0 Å². The van der Waals surface area contributed by atoms with E-state index in [1.165, 1.54) is 17.4 Å². The fourth-order valence-electron chi connectivity index (χ4n) is 2.60. The van der Waals surface area contributed by atoms with E-state index in [4.69, 9.17) is 0 Å². The molecule has 3 atom stereocenters. The van der Waals surface area contributed by atoms with Gasteiger partial charge in [0.05, 0.1) is 11.6 Å². The van der Waals surface area contributed by atoms with Crippen LogP contribution in [0.25, 0.3) is 10.9 Å². The fourth-order valence-corrected chi connectivity index (χ4v) is 2.60. The zero-order valence-electron chi connectivity index (χ0n) is 10.0. The van der Waals surface area contributed by atoms with Crippen LogP contribution >= 0.6 is 0 Å². The molecule has 1 aromatic heterocycles. The monoisotopic (exact) mass is 227 g/mol. The van der Waals surface area contributed by atoms with E-state index >= 15 is 0 Å².